The molecule has 5 heteroatoms. The van der Waals surface area contributed by atoms with Gasteiger partial charge in [0.05, 0.1) is 4.47 Å². The van der Waals surface area contributed by atoms with Crippen LogP contribution < -0.4 is 4.90 Å². The molecule has 1 fully saturated rings. The first-order chi connectivity index (χ1) is 8.24. The monoisotopic (exact) mass is 317 g/mol. The Morgan fingerprint density at radius 1 is 1.41 bits per heavy atom. The number of anilines is 1. The third-order valence-corrected chi connectivity index (χ3v) is 4.59. The Morgan fingerprint density at radius 3 is 3.00 bits per heavy atom. The molecule has 0 aliphatic carbocycles. The van der Waals surface area contributed by atoms with Crippen LogP contribution in [0.25, 0.3) is 0 Å². The fourth-order valence-electron chi connectivity index (χ4n) is 2.42. The van der Waals surface area contributed by atoms with Crippen LogP contribution in [0.4, 0.5) is 5.82 Å². The van der Waals surface area contributed by atoms with E-state index in [1.807, 2.05) is 0 Å². The van der Waals surface area contributed by atoms with Crippen LogP contribution in [0.1, 0.15) is 39.0 Å². The van der Waals surface area contributed by atoms with Gasteiger partial charge in [0.25, 0.3) is 0 Å². The molecule has 1 aromatic heterocycles. The Balaban J connectivity index is 2.31. The van der Waals surface area contributed by atoms with Crippen molar-refractivity contribution in [2.45, 2.75) is 45.1 Å². The normalized spacial score (nSPS) is 21.4. The summed E-state index contributed by atoms with van der Waals surface area (Å²) in [6.07, 6.45) is 7.78. The van der Waals surface area contributed by atoms with Gasteiger partial charge in [0.1, 0.15) is 17.3 Å². The van der Waals surface area contributed by atoms with E-state index in [2.05, 4.69) is 37.7 Å². The molecule has 0 N–H and O–H groups in total. The average Bonchev–Trinajstić information content (AvgIpc) is 2.57. The summed E-state index contributed by atoms with van der Waals surface area (Å²) < 4.78 is 0.821. The number of nitrogens with zero attached hydrogens (tertiary/aromatic N) is 3. The Labute approximate surface area is 116 Å². The first-order valence-corrected chi connectivity index (χ1v) is 7.33. The lowest BCUT2D eigenvalue weighted by Crippen LogP contribution is -2.35. The Hall–Kier alpha value is -0.350. The van der Waals surface area contributed by atoms with Gasteiger partial charge in [0.15, 0.2) is 0 Å². The molecule has 0 radical (unpaired) electrons. The van der Waals surface area contributed by atoms with Crippen molar-refractivity contribution in [3.63, 3.8) is 0 Å². The summed E-state index contributed by atoms with van der Waals surface area (Å²) in [5, 5.41) is 0.495. The third-order valence-electron chi connectivity index (χ3n) is 3.35. The zero-order chi connectivity index (χ0) is 12.3. The summed E-state index contributed by atoms with van der Waals surface area (Å²) in [5.41, 5.74) is 0. The van der Waals surface area contributed by atoms with Crippen LogP contribution in [0.2, 0.25) is 5.15 Å². The van der Waals surface area contributed by atoms with Gasteiger partial charge in [-0.05, 0) is 35.2 Å². The number of aromatic nitrogens is 2. The molecular formula is C12H17BrClN3. The second kappa shape index (κ2) is 6.01. The quantitative estimate of drug-likeness (QED) is 0.770. The van der Waals surface area contributed by atoms with Crippen molar-refractivity contribution in [1.29, 1.82) is 0 Å². The standard InChI is InChI=1S/C12H17BrClN3/c1-2-9-6-4-3-5-7-17(9)12-10(13)11(14)15-8-16-12/h8-9H,2-7H2,1H3. The molecular weight excluding hydrogens is 302 g/mol. The van der Waals surface area contributed by atoms with E-state index in [9.17, 15) is 0 Å². The lowest BCUT2D eigenvalue weighted by atomic mass is 10.1. The lowest BCUT2D eigenvalue weighted by molar-refractivity contribution is 0.551. The number of rotatable bonds is 2. The van der Waals surface area contributed by atoms with E-state index in [0.29, 0.717) is 11.2 Å². The Morgan fingerprint density at radius 2 is 2.24 bits per heavy atom. The number of hydrogen-bond donors (Lipinski definition) is 0. The maximum Gasteiger partial charge on any atom is 0.148 e. The SMILES string of the molecule is CCC1CCCCCN1c1ncnc(Cl)c1Br. The van der Waals surface area contributed by atoms with Crippen LogP contribution in [0, 0.1) is 0 Å². The second-order valence-electron chi connectivity index (χ2n) is 4.41. The molecule has 2 rings (SSSR count). The van der Waals surface area contributed by atoms with Crippen molar-refractivity contribution in [3.05, 3.63) is 16.0 Å². The van der Waals surface area contributed by atoms with Gasteiger partial charge in [-0.15, -0.1) is 0 Å². The molecule has 1 saturated heterocycles. The fourth-order valence-corrected chi connectivity index (χ4v) is 2.98. The Bertz CT molecular complexity index is 386. The molecule has 17 heavy (non-hydrogen) atoms. The largest absolute Gasteiger partial charge is 0.353 e. The second-order valence-corrected chi connectivity index (χ2v) is 5.56. The van der Waals surface area contributed by atoms with Crippen molar-refractivity contribution in [2.24, 2.45) is 0 Å². The van der Waals surface area contributed by atoms with Crippen LogP contribution in [-0.2, 0) is 0 Å². The minimum absolute atomic E-state index is 0.495. The topological polar surface area (TPSA) is 29.0 Å². The molecule has 1 aliphatic heterocycles. The van der Waals surface area contributed by atoms with E-state index in [4.69, 9.17) is 11.6 Å². The highest BCUT2D eigenvalue weighted by molar-refractivity contribution is 9.10. The minimum Gasteiger partial charge on any atom is -0.353 e. The van der Waals surface area contributed by atoms with Crippen LogP contribution >= 0.6 is 27.5 Å². The van der Waals surface area contributed by atoms with Gasteiger partial charge in [-0.1, -0.05) is 31.4 Å². The summed E-state index contributed by atoms with van der Waals surface area (Å²) in [5.74, 6) is 0.943. The van der Waals surface area contributed by atoms with E-state index in [0.717, 1.165) is 23.3 Å². The van der Waals surface area contributed by atoms with E-state index in [1.54, 1.807) is 6.33 Å². The van der Waals surface area contributed by atoms with Crippen LogP contribution in [0.3, 0.4) is 0 Å². The van der Waals surface area contributed by atoms with Crippen LogP contribution in [0.5, 0.6) is 0 Å². The number of halogens is 2. The van der Waals surface area contributed by atoms with Crippen LogP contribution in [-0.4, -0.2) is 22.6 Å². The molecule has 3 nitrogen and oxygen atoms in total. The summed E-state index contributed by atoms with van der Waals surface area (Å²) >= 11 is 9.54. The highest BCUT2D eigenvalue weighted by Crippen LogP contribution is 2.33. The zero-order valence-corrected chi connectivity index (χ0v) is 12.3. The molecule has 2 heterocycles. The molecule has 1 unspecified atom stereocenters. The Kier molecular flexibility index (Phi) is 4.62. The number of hydrogen-bond acceptors (Lipinski definition) is 3. The van der Waals surface area contributed by atoms with Gasteiger partial charge in [-0.3, -0.25) is 0 Å². The molecule has 0 saturated carbocycles. The molecule has 0 spiro atoms. The molecule has 1 aromatic rings. The minimum atomic E-state index is 0.495. The van der Waals surface area contributed by atoms with Gasteiger partial charge in [0.2, 0.25) is 0 Å². The predicted octanol–water partition coefficient (Wildman–Crippen LogP) is 4.05. The first kappa shape index (κ1) is 13.1. The summed E-state index contributed by atoms with van der Waals surface area (Å²) in [7, 11) is 0. The molecule has 0 bridgehead atoms. The maximum absolute atomic E-state index is 6.04. The first-order valence-electron chi connectivity index (χ1n) is 6.16. The van der Waals surface area contributed by atoms with Crippen molar-refractivity contribution in [1.82, 2.24) is 9.97 Å². The van der Waals surface area contributed by atoms with Crippen LogP contribution in [0.15, 0.2) is 10.8 Å². The van der Waals surface area contributed by atoms with Crippen molar-refractivity contribution in [2.75, 3.05) is 11.4 Å². The third kappa shape index (κ3) is 2.91. The molecule has 94 valence electrons. The van der Waals surface area contributed by atoms with Gasteiger partial charge < -0.3 is 4.90 Å². The lowest BCUT2D eigenvalue weighted by Gasteiger charge is -2.31. The van der Waals surface area contributed by atoms with Gasteiger partial charge in [-0.2, -0.15) is 0 Å². The van der Waals surface area contributed by atoms with Gasteiger partial charge in [-0.25, -0.2) is 9.97 Å². The highest BCUT2D eigenvalue weighted by Gasteiger charge is 2.23. The fraction of sp³-hybridized carbons (Fsp3) is 0.667. The van der Waals surface area contributed by atoms with Crippen molar-refractivity contribution >= 4 is 33.3 Å². The average molecular weight is 319 g/mol. The van der Waals surface area contributed by atoms with E-state index < -0.39 is 0 Å². The summed E-state index contributed by atoms with van der Waals surface area (Å²) in [4.78, 5) is 10.8. The molecule has 1 atom stereocenters. The van der Waals surface area contributed by atoms with E-state index in [-0.39, 0.29) is 0 Å². The van der Waals surface area contributed by atoms with Gasteiger partial charge in [0, 0.05) is 12.6 Å². The van der Waals surface area contributed by atoms with Crippen molar-refractivity contribution < 1.29 is 0 Å². The maximum atomic E-state index is 6.04. The highest BCUT2D eigenvalue weighted by atomic mass is 79.9. The molecule has 1 aliphatic rings. The predicted molar refractivity (Wildman–Crippen MR) is 74.6 cm³/mol. The summed E-state index contributed by atoms with van der Waals surface area (Å²) in [6.45, 7) is 3.30. The summed E-state index contributed by atoms with van der Waals surface area (Å²) in [6, 6.07) is 0.569. The van der Waals surface area contributed by atoms with E-state index >= 15 is 0 Å². The zero-order valence-electron chi connectivity index (χ0n) is 9.99. The van der Waals surface area contributed by atoms with E-state index in [1.165, 1.54) is 25.7 Å². The smallest absolute Gasteiger partial charge is 0.148 e. The molecule has 0 aromatic carbocycles. The van der Waals surface area contributed by atoms with Gasteiger partial charge >= 0.3 is 0 Å². The molecule has 0 amide bonds. The van der Waals surface area contributed by atoms with Crippen molar-refractivity contribution in [3.8, 4) is 0 Å².